The molecule has 202 valence electrons. The van der Waals surface area contributed by atoms with Crippen molar-refractivity contribution in [2.75, 3.05) is 13.7 Å². The minimum Gasteiger partial charge on any atom is -0.493 e. The van der Waals surface area contributed by atoms with Crippen molar-refractivity contribution >= 4 is 11.7 Å². The molecule has 2 aliphatic rings. The van der Waals surface area contributed by atoms with Crippen LogP contribution in [0, 0.1) is 5.92 Å². The van der Waals surface area contributed by atoms with Crippen LogP contribution in [-0.4, -0.2) is 25.4 Å². The van der Waals surface area contributed by atoms with Crippen LogP contribution in [0.3, 0.4) is 0 Å². The van der Waals surface area contributed by atoms with Crippen LogP contribution in [0.4, 0.5) is 0 Å². The molecule has 5 rings (SSSR count). The van der Waals surface area contributed by atoms with Crippen molar-refractivity contribution in [2.45, 2.75) is 51.6 Å². The highest BCUT2D eigenvalue weighted by atomic mass is 16.5. The molecule has 1 N–H and O–H groups in total. The molecule has 0 aromatic heterocycles. The molecule has 6 nitrogen and oxygen atoms in total. The SMILES string of the molecule is COc1ccc(C2CC(=O)NC3=C2C(=O)CC(c2ccc(OCC(C)C)cc2)C3)cc1OCc1ccccc1. The molecule has 2 unspecified atom stereocenters. The van der Waals surface area contributed by atoms with E-state index in [1.54, 1.807) is 7.11 Å². The lowest BCUT2D eigenvalue weighted by Gasteiger charge is -2.34. The van der Waals surface area contributed by atoms with Gasteiger partial charge in [0.1, 0.15) is 12.4 Å². The zero-order chi connectivity index (χ0) is 27.4. The van der Waals surface area contributed by atoms with Gasteiger partial charge in [-0.1, -0.05) is 62.4 Å². The Kier molecular flexibility index (Phi) is 8.01. The average molecular weight is 526 g/mol. The number of hydrogen-bond acceptors (Lipinski definition) is 5. The van der Waals surface area contributed by atoms with E-state index >= 15 is 0 Å². The third kappa shape index (κ3) is 6.17. The van der Waals surface area contributed by atoms with E-state index < -0.39 is 0 Å². The Balaban J connectivity index is 1.38. The van der Waals surface area contributed by atoms with E-state index in [1.165, 1.54) is 0 Å². The molecule has 0 saturated heterocycles. The van der Waals surface area contributed by atoms with Crippen LogP contribution >= 0.6 is 0 Å². The van der Waals surface area contributed by atoms with Gasteiger partial charge in [0.15, 0.2) is 17.3 Å². The second kappa shape index (κ2) is 11.8. The molecule has 0 radical (unpaired) electrons. The maximum absolute atomic E-state index is 13.6. The first-order chi connectivity index (χ1) is 18.9. The summed E-state index contributed by atoms with van der Waals surface area (Å²) in [6, 6.07) is 23.6. The Morgan fingerprint density at radius 2 is 1.59 bits per heavy atom. The van der Waals surface area contributed by atoms with E-state index in [1.807, 2.05) is 72.8 Å². The summed E-state index contributed by atoms with van der Waals surface area (Å²) in [6.07, 6.45) is 1.25. The van der Waals surface area contributed by atoms with Gasteiger partial charge in [-0.05, 0) is 59.2 Å². The van der Waals surface area contributed by atoms with Crippen molar-refractivity contribution in [3.05, 3.63) is 101 Å². The number of amides is 1. The molecule has 1 aliphatic heterocycles. The second-order valence-electron chi connectivity index (χ2n) is 10.7. The lowest BCUT2D eigenvalue weighted by molar-refractivity contribution is -0.122. The van der Waals surface area contributed by atoms with Crippen molar-refractivity contribution < 1.29 is 23.8 Å². The topological polar surface area (TPSA) is 73.9 Å². The first-order valence-corrected chi connectivity index (χ1v) is 13.5. The molecule has 0 saturated carbocycles. The quantitative estimate of drug-likeness (QED) is 0.354. The Hall–Kier alpha value is -4.06. The summed E-state index contributed by atoms with van der Waals surface area (Å²) < 4.78 is 17.5. The van der Waals surface area contributed by atoms with Crippen LogP contribution in [0.2, 0.25) is 0 Å². The van der Waals surface area contributed by atoms with Gasteiger partial charge in [-0.3, -0.25) is 9.59 Å². The number of rotatable bonds is 9. The highest BCUT2D eigenvalue weighted by molar-refractivity contribution is 6.02. The highest BCUT2D eigenvalue weighted by Crippen LogP contribution is 2.44. The molecule has 3 aromatic carbocycles. The molecule has 0 bridgehead atoms. The minimum absolute atomic E-state index is 0.00934. The van der Waals surface area contributed by atoms with Crippen LogP contribution in [0.15, 0.2) is 84.1 Å². The van der Waals surface area contributed by atoms with Gasteiger partial charge in [-0.15, -0.1) is 0 Å². The van der Waals surface area contributed by atoms with Crippen molar-refractivity contribution in [2.24, 2.45) is 5.92 Å². The fraction of sp³-hybridized carbons (Fsp3) is 0.333. The zero-order valence-corrected chi connectivity index (χ0v) is 22.7. The summed E-state index contributed by atoms with van der Waals surface area (Å²) in [5.41, 5.74) is 4.44. The highest BCUT2D eigenvalue weighted by Gasteiger charge is 2.38. The third-order valence-corrected chi connectivity index (χ3v) is 7.30. The summed E-state index contributed by atoms with van der Waals surface area (Å²) in [4.78, 5) is 26.4. The number of methoxy groups -OCH3 is 1. The van der Waals surface area contributed by atoms with Gasteiger partial charge < -0.3 is 19.5 Å². The second-order valence-corrected chi connectivity index (χ2v) is 10.7. The van der Waals surface area contributed by atoms with E-state index in [9.17, 15) is 9.59 Å². The first-order valence-electron chi connectivity index (χ1n) is 13.5. The molecule has 39 heavy (non-hydrogen) atoms. The molecule has 1 heterocycles. The Morgan fingerprint density at radius 1 is 0.846 bits per heavy atom. The predicted octanol–water partition coefficient (Wildman–Crippen LogP) is 6.31. The van der Waals surface area contributed by atoms with Gasteiger partial charge in [-0.25, -0.2) is 0 Å². The number of nitrogens with one attached hydrogen (secondary N) is 1. The number of ether oxygens (including phenoxy) is 3. The maximum Gasteiger partial charge on any atom is 0.225 e. The van der Waals surface area contributed by atoms with E-state index in [0.717, 1.165) is 28.1 Å². The molecular weight excluding hydrogens is 490 g/mol. The molecule has 3 aromatic rings. The maximum atomic E-state index is 13.6. The molecule has 2 atom stereocenters. The number of carbonyl (C=O) groups excluding carboxylic acids is 2. The molecule has 0 fully saturated rings. The van der Waals surface area contributed by atoms with Crippen LogP contribution in [0.1, 0.15) is 61.6 Å². The van der Waals surface area contributed by atoms with Gasteiger partial charge >= 0.3 is 0 Å². The smallest absolute Gasteiger partial charge is 0.225 e. The monoisotopic (exact) mass is 525 g/mol. The average Bonchev–Trinajstić information content (AvgIpc) is 2.95. The van der Waals surface area contributed by atoms with Gasteiger partial charge in [0.2, 0.25) is 5.91 Å². The Labute approximate surface area is 230 Å². The first kappa shape index (κ1) is 26.5. The number of Topliss-reactive ketones (excluding diaryl/α,β-unsaturated/α-hetero) is 1. The van der Waals surface area contributed by atoms with E-state index in [-0.39, 0.29) is 29.9 Å². The fourth-order valence-electron chi connectivity index (χ4n) is 5.34. The number of benzene rings is 3. The lowest BCUT2D eigenvalue weighted by Crippen LogP contribution is -2.38. The predicted molar refractivity (Wildman–Crippen MR) is 150 cm³/mol. The van der Waals surface area contributed by atoms with Crippen molar-refractivity contribution in [3.63, 3.8) is 0 Å². The largest absolute Gasteiger partial charge is 0.493 e. The summed E-state index contributed by atoms with van der Waals surface area (Å²) >= 11 is 0. The third-order valence-electron chi connectivity index (χ3n) is 7.30. The lowest BCUT2D eigenvalue weighted by atomic mass is 9.73. The van der Waals surface area contributed by atoms with Gasteiger partial charge in [0.25, 0.3) is 0 Å². The molecule has 0 spiro atoms. The standard InChI is InChI=1S/C33H35NO5/c1-21(2)19-38-26-12-9-23(10-13-26)25-15-28-33(29(35)16-25)27(18-32(36)34-28)24-11-14-30(37-3)31(17-24)39-20-22-7-5-4-6-8-22/h4-14,17,21,25,27H,15-16,18-20H2,1-3H3,(H,34,36). The Morgan fingerprint density at radius 3 is 2.31 bits per heavy atom. The van der Waals surface area contributed by atoms with Crippen molar-refractivity contribution in [1.29, 1.82) is 0 Å². The normalized spacial score (nSPS) is 19.0. The summed E-state index contributed by atoms with van der Waals surface area (Å²) in [5, 5.41) is 3.02. The molecule has 6 heteroatoms. The number of ketones is 1. The van der Waals surface area contributed by atoms with Crippen LogP contribution in [-0.2, 0) is 16.2 Å². The van der Waals surface area contributed by atoms with Crippen LogP contribution < -0.4 is 19.5 Å². The fourth-order valence-corrected chi connectivity index (χ4v) is 5.34. The van der Waals surface area contributed by atoms with Gasteiger partial charge in [-0.2, -0.15) is 0 Å². The summed E-state index contributed by atoms with van der Waals surface area (Å²) in [7, 11) is 1.60. The summed E-state index contributed by atoms with van der Waals surface area (Å²) in [6.45, 7) is 5.28. The van der Waals surface area contributed by atoms with Crippen LogP contribution in [0.25, 0.3) is 0 Å². The molecule has 1 amide bonds. The van der Waals surface area contributed by atoms with E-state index in [0.29, 0.717) is 49.0 Å². The van der Waals surface area contributed by atoms with Crippen molar-refractivity contribution in [3.8, 4) is 17.2 Å². The number of allylic oxidation sites excluding steroid dienone is 2. The van der Waals surface area contributed by atoms with Gasteiger partial charge in [0.05, 0.1) is 13.7 Å². The van der Waals surface area contributed by atoms with E-state index in [2.05, 4.69) is 19.2 Å². The van der Waals surface area contributed by atoms with Crippen molar-refractivity contribution in [1.82, 2.24) is 5.32 Å². The van der Waals surface area contributed by atoms with Crippen LogP contribution in [0.5, 0.6) is 17.2 Å². The number of hydrogen-bond donors (Lipinski definition) is 1. The number of carbonyl (C=O) groups is 2. The molecule has 1 aliphatic carbocycles. The van der Waals surface area contributed by atoms with Gasteiger partial charge in [0, 0.05) is 30.0 Å². The van der Waals surface area contributed by atoms with E-state index in [4.69, 9.17) is 14.2 Å². The minimum atomic E-state index is -0.320. The zero-order valence-electron chi connectivity index (χ0n) is 22.7. The molecular formula is C33H35NO5. The Bertz CT molecular complexity index is 1360. The summed E-state index contributed by atoms with van der Waals surface area (Å²) in [5.74, 6) is 2.17.